The van der Waals surface area contributed by atoms with E-state index in [0.717, 1.165) is 12.0 Å². The highest BCUT2D eigenvalue weighted by Crippen LogP contribution is 2.33. The second-order valence-corrected chi connectivity index (χ2v) is 6.31. The number of carbonyl (C=O) groups excluding carboxylic acids is 2. The molecule has 3 rings (SSSR count). The number of nitrogens with zero attached hydrogens (tertiary/aromatic N) is 1. The first kappa shape index (κ1) is 18.8. The molecule has 2 aromatic carbocycles. The quantitative estimate of drug-likeness (QED) is 0.766. The van der Waals surface area contributed by atoms with Crippen LogP contribution in [0.4, 0.5) is 14.9 Å². The van der Waals surface area contributed by atoms with Crippen LogP contribution in [0.15, 0.2) is 48.5 Å². The van der Waals surface area contributed by atoms with Crippen LogP contribution < -0.4 is 10.6 Å². The molecule has 1 atom stereocenters. The Labute approximate surface area is 157 Å². The summed E-state index contributed by atoms with van der Waals surface area (Å²) in [5, 5.41) is 5.57. The van der Waals surface area contributed by atoms with E-state index in [1.54, 1.807) is 48.4 Å². The Kier molecular flexibility index (Phi) is 6.03. The average Bonchev–Trinajstić information content (AvgIpc) is 2.63. The topological polar surface area (TPSA) is 70.7 Å². The van der Waals surface area contributed by atoms with E-state index in [1.807, 2.05) is 0 Å². The van der Waals surface area contributed by atoms with Gasteiger partial charge in [-0.2, -0.15) is 0 Å². The maximum absolute atomic E-state index is 13.1. The summed E-state index contributed by atoms with van der Waals surface area (Å²) in [7, 11) is 1.57. The first-order chi connectivity index (χ1) is 13.1. The Morgan fingerprint density at radius 2 is 1.85 bits per heavy atom. The monoisotopic (exact) mass is 371 g/mol. The van der Waals surface area contributed by atoms with Crippen molar-refractivity contribution in [1.82, 2.24) is 10.2 Å². The Bertz CT molecular complexity index is 793. The van der Waals surface area contributed by atoms with E-state index in [0.29, 0.717) is 30.9 Å². The molecule has 0 saturated carbocycles. The van der Waals surface area contributed by atoms with Gasteiger partial charge in [0.1, 0.15) is 5.82 Å². The molecule has 27 heavy (non-hydrogen) atoms. The van der Waals surface area contributed by atoms with E-state index in [4.69, 9.17) is 4.74 Å². The van der Waals surface area contributed by atoms with Crippen LogP contribution in [-0.2, 0) is 4.74 Å². The number of urea groups is 1. The highest BCUT2D eigenvalue weighted by Gasteiger charge is 2.33. The molecule has 0 spiro atoms. The minimum Gasteiger partial charge on any atom is -0.383 e. The molecule has 1 saturated heterocycles. The molecule has 142 valence electrons. The standard InChI is InChI=1S/C20H22FN3O3/c1-27-13-11-22-19(25)15-4-8-17(9-5-15)23-20(26)24-12-10-18(24)14-2-6-16(21)7-3-14/h2-9,18H,10-13H2,1H3,(H,22,25)(H,23,26). The Balaban J connectivity index is 1.56. The Morgan fingerprint density at radius 3 is 2.44 bits per heavy atom. The lowest BCUT2D eigenvalue weighted by Gasteiger charge is -2.41. The van der Waals surface area contributed by atoms with Crippen LogP contribution in [0.2, 0.25) is 0 Å². The van der Waals surface area contributed by atoms with E-state index in [9.17, 15) is 14.0 Å². The van der Waals surface area contributed by atoms with Gasteiger partial charge in [-0.3, -0.25) is 4.79 Å². The van der Waals surface area contributed by atoms with E-state index in [1.165, 1.54) is 12.1 Å². The summed E-state index contributed by atoms with van der Waals surface area (Å²) in [6, 6.07) is 12.7. The lowest BCUT2D eigenvalue weighted by molar-refractivity contribution is 0.0937. The Hall–Kier alpha value is -2.93. The second kappa shape index (κ2) is 8.64. The summed E-state index contributed by atoms with van der Waals surface area (Å²) < 4.78 is 18.0. The van der Waals surface area contributed by atoms with Crippen LogP contribution >= 0.6 is 0 Å². The third-order valence-electron chi connectivity index (χ3n) is 4.53. The number of hydrogen-bond acceptors (Lipinski definition) is 3. The highest BCUT2D eigenvalue weighted by molar-refractivity contribution is 5.95. The average molecular weight is 371 g/mol. The number of nitrogens with one attached hydrogen (secondary N) is 2. The van der Waals surface area contributed by atoms with Crippen molar-refractivity contribution >= 4 is 17.6 Å². The first-order valence-electron chi connectivity index (χ1n) is 8.79. The van der Waals surface area contributed by atoms with Gasteiger partial charge in [-0.15, -0.1) is 0 Å². The first-order valence-corrected chi connectivity index (χ1v) is 8.79. The Morgan fingerprint density at radius 1 is 1.15 bits per heavy atom. The fourth-order valence-corrected chi connectivity index (χ4v) is 2.93. The van der Waals surface area contributed by atoms with Crippen LogP contribution in [0.25, 0.3) is 0 Å². The maximum atomic E-state index is 13.1. The molecule has 0 bridgehead atoms. The predicted molar refractivity (Wildman–Crippen MR) is 100 cm³/mol. The van der Waals surface area contributed by atoms with Crippen molar-refractivity contribution in [1.29, 1.82) is 0 Å². The van der Waals surface area contributed by atoms with Crippen LogP contribution in [-0.4, -0.2) is 43.6 Å². The smallest absolute Gasteiger partial charge is 0.322 e. The van der Waals surface area contributed by atoms with Crippen molar-refractivity contribution in [3.63, 3.8) is 0 Å². The van der Waals surface area contributed by atoms with Gasteiger partial charge in [0, 0.05) is 31.5 Å². The van der Waals surface area contributed by atoms with Crippen molar-refractivity contribution in [3.05, 3.63) is 65.5 Å². The number of halogens is 1. The van der Waals surface area contributed by atoms with Gasteiger partial charge >= 0.3 is 6.03 Å². The third kappa shape index (κ3) is 4.62. The SMILES string of the molecule is COCCNC(=O)c1ccc(NC(=O)N2CCC2c2ccc(F)cc2)cc1. The van der Waals surface area contributed by atoms with Crippen LogP contribution in [0.1, 0.15) is 28.4 Å². The molecule has 0 aliphatic carbocycles. The van der Waals surface area contributed by atoms with Crippen molar-refractivity contribution in [2.45, 2.75) is 12.5 Å². The van der Waals surface area contributed by atoms with E-state index < -0.39 is 0 Å². The van der Waals surface area contributed by atoms with Gasteiger partial charge in [-0.05, 0) is 48.4 Å². The molecule has 6 nitrogen and oxygen atoms in total. The number of likely N-dealkylation sites (tertiary alicyclic amines) is 1. The lowest BCUT2D eigenvalue weighted by Crippen LogP contribution is -2.47. The predicted octanol–water partition coefficient (Wildman–Crippen LogP) is 3.18. The molecule has 1 aliphatic rings. The number of methoxy groups -OCH3 is 1. The second-order valence-electron chi connectivity index (χ2n) is 6.31. The maximum Gasteiger partial charge on any atom is 0.322 e. The van der Waals surface area contributed by atoms with Crippen molar-refractivity contribution in [2.75, 3.05) is 32.1 Å². The molecule has 7 heteroatoms. The van der Waals surface area contributed by atoms with Crippen LogP contribution in [0.5, 0.6) is 0 Å². The largest absolute Gasteiger partial charge is 0.383 e. The number of ether oxygens (including phenoxy) is 1. The number of amides is 3. The van der Waals surface area contributed by atoms with Crippen molar-refractivity contribution < 1.29 is 18.7 Å². The minimum atomic E-state index is -0.291. The van der Waals surface area contributed by atoms with Gasteiger partial charge in [0.15, 0.2) is 0 Å². The summed E-state index contributed by atoms with van der Waals surface area (Å²) in [5.74, 6) is -0.482. The van der Waals surface area contributed by atoms with Gasteiger partial charge in [0.05, 0.1) is 12.6 Å². The molecule has 3 amide bonds. The van der Waals surface area contributed by atoms with Crippen molar-refractivity contribution in [3.8, 4) is 0 Å². The molecule has 1 heterocycles. The van der Waals surface area contributed by atoms with Gasteiger partial charge < -0.3 is 20.3 Å². The summed E-state index contributed by atoms with van der Waals surface area (Å²) in [6.45, 7) is 1.53. The summed E-state index contributed by atoms with van der Waals surface area (Å²) in [5.41, 5.74) is 2.04. The molecule has 1 unspecified atom stereocenters. The van der Waals surface area contributed by atoms with Crippen LogP contribution in [0.3, 0.4) is 0 Å². The molecular formula is C20H22FN3O3. The summed E-state index contributed by atoms with van der Waals surface area (Å²) in [6.07, 6.45) is 0.847. The molecule has 2 aromatic rings. The molecule has 1 aliphatic heterocycles. The van der Waals surface area contributed by atoms with Crippen LogP contribution in [0, 0.1) is 5.82 Å². The molecule has 1 fully saturated rings. The number of carbonyl (C=O) groups is 2. The highest BCUT2D eigenvalue weighted by atomic mass is 19.1. The van der Waals surface area contributed by atoms with Crippen molar-refractivity contribution in [2.24, 2.45) is 0 Å². The van der Waals surface area contributed by atoms with E-state index in [-0.39, 0.29) is 23.8 Å². The normalized spacial score (nSPS) is 15.8. The summed E-state index contributed by atoms with van der Waals surface area (Å²) in [4.78, 5) is 26.1. The van der Waals surface area contributed by atoms with E-state index in [2.05, 4.69) is 10.6 Å². The lowest BCUT2D eigenvalue weighted by atomic mass is 9.95. The number of anilines is 1. The zero-order valence-corrected chi connectivity index (χ0v) is 15.1. The minimum absolute atomic E-state index is 0.0450. The fraction of sp³-hybridized carbons (Fsp3) is 0.300. The summed E-state index contributed by atoms with van der Waals surface area (Å²) >= 11 is 0. The van der Waals surface area contributed by atoms with Gasteiger partial charge in [0.25, 0.3) is 5.91 Å². The fourth-order valence-electron chi connectivity index (χ4n) is 2.93. The van der Waals surface area contributed by atoms with E-state index >= 15 is 0 Å². The molecular weight excluding hydrogens is 349 g/mol. The van der Waals surface area contributed by atoms with Gasteiger partial charge in [0.2, 0.25) is 0 Å². The number of benzene rings is 2. The number of hydrogen-bond donors (Lipinski definition) is 2. The number of rotatable bonds is 6. The van der Waals surface area contributed by atoms with Gasteiger partial charge in [-0.25, -0.2) is 9.18 Å². The zero-order valence-electron chi connectivity index (χ0n) is 15.1. The molecule has 2 N–H and O–H groups in total. The zero-order chi connectivity index (χ0) is 19.2. The molecule has 0 aromatic heterocycles. The van der Waals surface area contributed by atoms with Gasteiger partial charge in [-0.1, -0.05) is 12.1 Å². The third-order valence-corrected chi connectivity index (χ3v) is 4.53. The molecule has 0 radical (unpaired) electrons.